The maximum Gasteiger partial charge on any atom is 0.308 e. The van der Waals surface area contributed by atoms with Gasteiger partial charge in [0, 0.05) is 12.6 Å². The molecule has 2 N–H and O–H groups in total. The summed E-state index contributed by atoms with van der Waals surface area (Å²) >= 11 is 0. The van der Waals surface area contributed by atoms with Gasteiger partial charge in [0.05, 0.1) is 5.92 Å². The molecule has 1 fully saturated rings. The van der Waals surface area contributed by atoms with E-state index in [1.165, 1.54) is 0 Å². The van der Waals surface area contributed by atoms with Crippen molar-refractivity contribution >= 4 is 11.9 Å². The van der Waals surface area contributed by atoms with E-state index in [4.69, 9.17) is 9.84 Å². The predicted molar refractivity (Wildman–Crippen MR) is 62.6 cm³/mol. The molecule has 0 saturated heterocycles. The molecule has 1 amide bonds. The highest BCUT2D eigenvalue weighted by atomic mass is 16.5. The van der Waals surface area contributed by atoms with Gasteiger partial charge in [0.25, 0.3) is 0 Å². The average molecular weight is 243 g/mol. The standard InChI is InChI=1S/C12H21NO4/c1-2-17-8-11(14)13-10-7-5-3-4-6-9(10)12(15)16/h9-10H,2-8H2,1H3,(H,13,14)(H,15,16). The van der Waals surface area contributed by atoms with Gasteiger partial charge in [-0.15, -0.1) is 0 Å². The van der Waals surface area contributed by atoms with Crippen LogP contribution in [0.3, 0.4) is 0 Å². The molecule has 0 aliphatic heterocycles. The van der Waals surface area contributed by atoms with Gasteiger partial charge in [0.15, 0.2) is 0 Å². The predicted octanol–water partition coefficient (Wildman–Crippen LogP) is 1.17. The Balaban J connectivity index is 2.51. The van der Waals surface area contributed by atoms with Crippen LogP contribution < -0.4 is 5.32 Å². The third-order valence-corrected chi connectivity index (χ3v) is 3.12. The molecule has 5 nitrogen and oxygen atoms in total. The van der Waals surface area contributed by atoms with E-state index >= 15 is 0 Å². The Morgan fingerprint density at radius 1 is 1.29 bits per heavy atom. The van der Waals surface area contributed by atoms with E-state index in [1.54, 1.807) is 0 Å². The van der Waals surface area contributed by atoms with Gasteiger partial charge < -0.3 is 15.2 Å². The lowest BCUT2D eigenvalue weighted by Crippen LogP contribution is -2.44. The zero-order valence-electron chi connectivity index (χ0n) is 10.3. The van der Waals surface area contributed by atoms with Crippen LogP contribution in [0.2, 0.25) is 0 Å². The summed E-state index contributed by atoms with van der Waals surface area (Å²) in [7, 11) is 0. The van der Waals surface area contributed by atoms with Gasteiger partial charge in [-0.25, -0.2) is 0 Å². The number of hydrogen-bond acceptors (Lipinski definition) is 3. The molecule has 0 aromatic rings. The maximum absolute atomic E-state index is 11.5. The van der Waals surface area contributed by atoms with Crippen LogP contribution in [0.15, 0.2) is 0 Å². The molecule has 5 heteroatoms. The smallest absolute Gasteiger partial charge is 0.308 e. The summed E-state index contributed by atoms with van der Waals surface area (Å²) in [4.78, 5) is 22.7. The molecule has 1 aliphatic carbocycles. The first kappa shape index (κ1) is 14.0. The summed E-state index contributed by atoms with van der Waals surface area (Å²) in [6, 6.07) is -0.247. The van der Waals surface area contributed by atoms with Crippen molar-refractivity contribution in [3.63, 3.8) is 0 Å². The molecule has 1 aliphatic rings. The Hall–Kier alpha value is -1.10. The van der Waals surface area contributed by atoms with Crippen LogP contribution in [-0.2, 0) is 14.3 Å². The fraction of sp³-hybridized carbons (Fsp3) is 0.833. The van der Waals surface area contributed by atoms with E-state index in [1.807, 2.05) is 6.92 Å². The van der Waals surface area contributed by atoms with E-state index in [0.717, 1.165) is 25.7 Å². The minimum atomic E-state index is -0.811. The fourth-order valence-corrected chi connectivity index (χ4v) is 2.22. The minimum absolute atomic E-state index is 0.0132. The van der Waals surface area contributed by atoms with Gasteiger partial charge in [-0.3, -0.25) is 9.59 Å². The van der Waals surface area contributed by atoms with Crippen LogP contribution in [0.25, 0.3) is 0 Å². The normalized spacial score (nSPS) is 25.0. The molecular formula is C12H21NO4. The van der Waals surface area contributed by atoms with E-state index < -0.39 is 11.9 Å². The SMILES string of the molecule is CCOCC(=O)NC1CCCCCC1C(=O)O. The molecular weight excluding hydrogens is 222 g/mol. The van der Waals surface area contributed by atoms with E-state index in [0.29, 0.717) is 13.0 Å². The summed E-state index contributed by atoms with van der Waals surface area (Å²) in [5, 5.41) is 11.9. The highest BCUT2D eigenvalue weighted by molar-refractivity contribution is 5.79. The quantitative estimate of drug-likeness (QED) is 0.711. The first-order chi connectivity index (χ1) is 8.15. The summed E-state index contributed by atoms with van der Waals surface area (Å²) in [6.45, 7) is 2.32. The highest BCUT2D eigenvalue weighted by Gasteiger charge is 2.30. The summed E-state index contributed by atoms with van der Waals surface area (Å²) in [5.74, 6) is -1.48. The Morgan fingerprint density at radius 3 is 2.65 bits per heavy atom. The Morgan fingerprint density at radius 2 is 2.00 bits per heavy atom. The average Bonchev–Trinajstić information content (AvgIpc) is 2.51. The third-order valence-electron chi connectivity index (χ3n) is 3.12. The lowest BCUT2D eigenvalue weighted by Gasteiger charge is -2.22. The van der Waals surface area contributed by atoms with Gasteiger partial charge in [-0.1, -0.05) is 19.3 Å². The van der Waals surface area contributed by atoms with Gasteiger partial charge >= 0.3 is 5.97 Å². The van der Waals surface area contributed by atoms with Gasteiger partial charge in [-0.05, 0) is 19.8 Å². The maximum atomic E-state index is 11.5. The monoisotopic (exact) mass is 243 g/mol. The van der Waals surface area contributed by atoms with E-state index in [-0.39, 0.29) is 18.6 Å². The molecule has 0 heterocycles. The number of nitrogens with one attached hydrogen (secondary N) is 1. The first-order valence-corrected chi connectivity index (χ1v) is 6.25. The number of ether oxygens (including phenoxy) is 1. The minimum Gasteiger partial charge on any atom is -0.481 e. The number of hydrogen-bond donors (Lipinski definition) is 2. The third kappa shape index (κ3) is 4.73. The number of amides is 1. The highest BCUT2D eigenvalue weighted by Crippen LogP contribution is 2.23. The van der Waals surface area contributed by atoms with E-state index in [9.17, 15) is 9.59 Å². The Kier molecular flexibility index (Phi) is 5.97. The second-order valence-electron chi connectivity index (χ2n) is 4.39. The van der Waals surface area contributed by atoms with Crippen LogP contribution >= 0.6 is 0 Å². The number of carboxylic acid groups (broad SMARTS) is 1. The van der Waals surface area contributed by atoms with Crippen molar-refractivity contribution in [3.05, 3.63) is 0 Å². The summed E-state index contributed by atoms with van der Waals surface area (Å²) in [6.07, 6.45) is 4.34. The van der Waals surface area contributed by atoms with Gasteiger partial charge in [0.1, 0.15) is 6.61 Å². The molecule has 2 unspecified atom stereocenters. The van der Waals surface area contributed by atoms with Crippen molar-refractivity contribution in [2.45, 2.75) is 45.1 Å². The molecule has 0 spiro atoms. The molecule has 1 saturated carbocycles. The first-order valence-electron chi connectivity index (χ1n) is 6.25. The number of aliphatic carboxylic acids is 1. The zero-order valence-corrected chi connectivity index (χ0v) is 10.3. The van der Waals surface area contributed by atoms with Crippen LogP contribution in [0.5, 0.6) is 0 Å². The van der Waals surface area contributed by atoms with Gasteiger partial charge in [-0.2, -0.15) is 0 Å². The van der Waals surface area contributed by atoms with Crippen molar-refractivity contribution < 1.29 is 19.4 Å². The number of carboxylic acids is 1. The molecule has 0 aromatic carbocycles. The lowest BCUT2D eigenvalue weighted by atomic mass is 9.95. The number of rotatable bonds is 5. The number of carbonyl (C=O) groups is 2. The molecule has 0 aromatic heterocycles. The van der Waals surface area contributed by atoms with Crippen LogP contribution in [0.4, 0.5) is 0 Å². The van der Waals surface area contributed by atoms with Crippen molar-refractivity contribution in [1.82, 2.24) is 5.32 Å². The second kappa shape index (κ2) is 7.27. The van der Waals surface area contributed by atoms with E-state index in [2.05, 4.69) is 5.32 Å². The van der Waals surface area contributed by atoms with Crippen molar-refractivity contribution in [1.29, 1.82) is 0 Å². The Bertz CT molecular complexity index is 267. The molecule has 0 bridgehead atoms. The molecule has 0 radical (unpaired) electrons. The van der Waals surface area contributed by atoms with Crippen molar-refractivity contribution in [3.8, 4) is 0 Å². The molecule has 98 valence electrons. The molecule has 17 heavy (non-hydrogen) atoms. The zero-order chi connectivity index (χ0) is 12.7. The van der Waals surface area contributed by atoms with Crippen molar-refractivity contribution in [2.75, 3.05) is 13.2 Å². The fourth-order valence-electron chi connectivity index (χ4n) is 2.22. The van der Waals surface area contributed by atoms with Crippen LogP contribution in [0, 0.1) is 5.92 Å². The Labute approximate surface area is 102 Å². The van der Waals surface area contributed by atoms with Crippen LogP contribution in [0.1, 0.15) is 39.0 Å². The molecule has 1 rings (SSSR count). The molecule has 2 atom stereocenters. The second-order valence-corrected chi connectivity index (χ2v) is 4.39. The van der Waals surface area contributed by atoms with Gasteiger partial charge in [0.2, 0.25) is 5.91 Å². The largest absolute Gasteiger partial charge is 0.481 e. The van der Waals surface area contributed by atoms with Crippen LogP contribution in [-0.4, -0.2) is 36.2 Å². The summed E-state index contributed by atoms with van der Waals surface area (Å²) < 4.78 is 5.00. The number of carbonyl (C=O) groups excluding carboxylic acids is 1. The van der Waals surface area contributed by atoms with Crippen molar-refractivity contribution in [2.24, 2.45) is 5.92 Å². The summed E-state index contributed by atoms with van der Waals surface area (Å²) in [5.41, 5.74) is 0. The topological polar surface area (TPSA) is 75.6 Å². The lowest BCUT2D eigenvalue weighted by molar-refractivity contribution is -0.143.